The van der Waals surface area contributed by atoms with Crippen LogP contribution in [0.25, 0.3) is 0 Å². The minimum Gasteiger partial charge on any atom is -0.397 e. The fourth-order valence-corrected chi connectivity index (χ4v) is 4.30. The van der Waals surface area contributed by atoms with Gasteiger partial charge in [0.25, 0.3) is 0 Å². The van der Waals surface area contributed by atoms with Crippen LogP contribution in [0.3, 0.4) is 0 Å². The fourth-order valence-electron chi connectivity index (χ4n) is 2.56. The molecule has 1 aromatic rings. The standard InChI is InChI=1S/C15H26N2O2S/c1-6-13(7-2)12(5)17-20(18,19)15-11(4)9-8-10(3)14(15)16/h8-9,12-13,17H,6-7,16H2,1-5H3. The van der Waals surface area contributed by atoms with Crippen molar-refractivity contribution < 1.29 is 8.42 Å². The molecule has 1 rings (SSSR count). The second-order valence-electron chi connectivity index (χ2n) is 5.43. The Hall–Kier alpha value is -1.07. The molecule has 20 heavy (non-hydrogen) atoms. The molecule has 0 aliphatic heterocycles. The number of aryl methyl sites for hydroxylation is 2. The number of anilines is 1. The van der Waals surface area contributed by atoms with E-state index in [0.29, 0.717) is 17.2 Å². The van der Waals surface area contributed by atoms with E-state index < -0.39 is 10.0 Å². The number of sulfonamides is 1. The first-order valence-electron chi connectivity index (χ1n) is 7.12. The summed E-state index contributed by atoms with van der Waals surface area (Å²) in [6, 6.07) is 3.53. The van der Waals surface area contributed by atoms with Crippen LogP contribution in [0.5, 0.6) is 0 Å². The highest BCUT2D eigenvalue weighted by Gasteiger charge is 2.25. The van der Waals surface area contributed by atoms with Gasteiger partial charge in [0.1, 0.15) is 4.90 Å². The van der Waals surface area contributed by atoms with Crippen molar-refractivity contribution >= 4 is 15.7 Å². The average Bonchev–Trinajstić information content (AvgIpc) is 2.35. The summed E-state index contributed by atoms with van der Waals surface area (Å²) in [5.41, 5.74) is 7.77. The summed E-state index contributed by atoms with van der Waals surface area (Å²) in [5.74, 6) is 0.330. The Balaban J connectivity index is 3.16. The lowest BCUT2D eigenvalue weighted by atomic mass is 9.96. The van der Waals surface area contributed by atoms with Gasteiger partial charge in [-0.2, -0.15) is 0 Å². The fraction of sp³-hybridized carbons (Fsp3) is 0.600. The number of hydrogen-bond donors (Lipinski definition) is 2. The monoisotopic (exact) mass is 298 g/mol. The van der Waals surface area contributed by atoms with E-state index in [9.17, 15) is 8.42 Å². The zero-order chi connectivity index (χ0) is 15.5. The van der Waals surface area contributed by atoms with Gasteiger partial charge in [-0.05, 0) is 37.8 Å². The quantitative estimate of drug-likeness (QED) is 0.793. The molecule has 3 N–H and O–H groups in total. The summed E-state index contributed by atoms with van der Waals surface area (Å²) in [4.78, 5) is 0.218. The van der Waals surface area contributed by atoms with Crippen LogP contribution in [0.4, 0.5) is 5.69 Å². The van der Waals surface area contributed by atoms with Crippen LogP contribution in [-0.2, 0) is 10.0 Å². The molecule has 4 nitrogen and oxygen atoms in total. The first-order valence-corrected chi connectivity index (χ1v) is 8.60. The Morgan fingerprint density at radius 2 is 1.65 bits per heavy atom. The average molecular weight is 298 g/mol. The second-order valence-corrected chi connectivity index (χ2v) is 7.08. The van der Waals surface area contributed by atoms with Gasteiger partial charge < -0.3 is 5.73 Å². The zero-order valence-electron chi connectivity index (χ0n) is 13.0. The Kier molecular flexibility index (Phi) is 5.59. The molecule has 1 aromatic carbocycles. The van der Waals surface area contributed by atoms with Gasteiger partial charge in [0.2, 0.25) is 10.0 Å². The summed E-state index contributed by atoms with van der Waals surface area (Å²) >= 11 is 0. The van der Waals surface area contributed by atoms with Crippen LogP contribution in [0.1, 0.15) is 44.7 Å². The van der Waals surface area contributed by atoms with Crippen LogP contribution < -0.4 is 10.5 Å². The molecule has 0 saturated heterocycles. The lowest BCUT2D eigenvalue weighted by molar-refractivity contribution is 0.390. The van der Waals surface area contributed by atoms with Crippen molar-refractivity contribution in [3.8, 4) is 0 Å². The Bertz CT molecular complexity index is 563. The minimum atomic E-state index is -3.58. The molecule has 0 aromatic heterocycles. The topological polar surface area (TPSA) is 72.2 Å². The summed E-state index contributed by atoms with van der Waals surface area (Å²) in [6.45, 7) is 9.65. The molecule has 0 heterocycles. The normalized spacial score (nSPS) is 13.7. The summed E-state index contributed by atoms with van der Waals surface area (Å²) in [7, 11) is -3.58. The number of nitrogen functional groups attached to an aromatic ring is 1. The first kappa shape index (κ1) is 17.0. The summed E-state index contributed by atoms with van der Waals surface area (Å²) in [5, 5.41) is 0. The molecule has 0 radical (unpaired) electrons. The number of hydrogen-bond acceptors (Lipinski definition) is 3. The maximum absolute atomic E-state index is 12.6. The van der Waals surface area contributed by atoms with Crippen LogP contribution in [0.2, 0.25) is 0 Å². The van der Waals surface area contributed by atoms with E-state index in [1.54, 1.807) is 13.0 Å². The molecule has 0 bridgehead atoms. The second kappa shape index (κ2) is 6.59. The SMILES string of the molecule is CCC(CC)C(C)NS(=O)(=O)c1c(C)ccc(C)c1N. The molecular weight excluding hydrogens is 272 g/mol. The molecule has 5 heteroatoms. The van der Waals surface area contributed by atoms with Crippen molar-refractivity contribution in [3.63, 3.8) is 0 Å². The van der Waals surface area contributed by atoms with Crippen molar-refractivity contribution in [1.82, 2.24) is 4.72 Å². The third-order valence-corrected chi connectivity index (χ3v) is 5.74. The van der Waals surface area contributed by atoms with E-state index in [0.717, 1.165) is 18.4 Å². The van der Waals surface area contributed by atoms with E-state index in [4.69, 9.17) is 5.73 Å². The van der Waals surface area contributed by atoms with Gasteiger partial charge in [0, 0.05) is 6.04 Å². The maximum atomic E-state index is 12.6. The summed E-state index contributed by atoms with van der Waals surface area (Å²) < 4.78 is 27.9. The van der Waals surface area contributed by atoms with E-state index >= 15 is 0 Å². The van der Waals surface area contributed by atoms with Crippen molar-refractivity contribution in [2.75, 3.05) is 5.73 Å². The van der Waals surface area contributed by atoms with Crippen molar-refractivity contribution in [3.05, 3.63) is 23.3 Å². The van der Waals surface area contributed by atoms with Gasteiger partial charge in [0.05, 0.1) is 5.69 Å². The Morgan fingerprint density at radius 3 is 2.15 bits per heavy atom. The Labute approximate surface area is 122 Å². The molecule has 0 aliphatic rings. The van der Waals surface area contributed by atoms with E-state index in [2.05, 4.69) is 18.6 Å². The van der Waals surface area contributed by atoms with E-state index in [-0.39, 0.29) is 10.9 Å². The number of nitrogens with two attached hydrogens (primary N) is 1. The van der Waals surface area contributed by atoms with Crippen LogP contribution in [0, 0.1) is 19.8 Å². The number of benzene rings is 1. The Morgan fingerprint density at radius 1 is 1.15 bits per heavy atom. The molecule has 0 fully saturated rings. The lowest BCUT2D eigenvalue weighted by Gasteiger charge is -2.23. The van der Waals surface area contributed by atoms with Gasteiger partial charge >= 0.3 is 0 Å². The third kappa shape index (κ3) is 3.52. The number of rotatable bonds is 6. The van der Waals surface area contributed by atoms with Crippen LogP contribution in [-0.4, -0.2) is 14.5 Å². The highest BCUT2D eigenvalue weighted by molar-refractivity contribution is 7.89. The molecule has 0 aliphatic carbocycles. The zero-order valence-corrected chi connectivity index (χ0v) is 13.8. The van der Waals surface area contributed by atoms with E-state index in [1.807, 2.05) is 19.9 Å². The molecule has 0 spiro atoms. The van der Waals surface area contributed by atoms with Gasteiger partial charge in [0.15, 0.2) is 0 Å². The smallest absolute Gasteiger partial charge is 0.243 e. The highest BCUT2D eigenvalue weighted by atomic mass is 32.2. The molecule has 0 saturated carbocycles. The largest absolute Gasteiger partial charge is 0.397 e. The molecule has 1 unspecified atom stereocenters. The van der Waals surface area contributed by atoms with Crippen LogP contribution in [0.15, 0.2) is 17.0 Å². The van der Waals surface area contributed by atoms with Crippen molar-refractivity contribution in [2.24, 2.45) is 5.92 Å². The maximum Gasteiger partial charge on any atom is 0.243 e. The van der Waals surface area contributed by atoms with Gasteiger partial charge in [-0.15, -0.1) is 0 Å². The third-order valence-electron chi connectivity index (χ3n) is 3.98. The molecular formula is C15H26N2O2S. The van der Waals surface area contributed by atoms with Gasteiger partial charge in [-0.1, -0.05) is 38.8 Å². The molecule has 1 atom stereocenters. The van der Waals surface area contributed by atoms with Crippen molar-refractivity contribution in [2.45, 2.75) is 58.4 Å². The minimum absolute atomic E-state index is 0.102. The molecule has 114 valence electrons. The van der Waals surface area contributed by atoms with Crippen molar-refractivity contribution in [1.29, 1.82) is 0 Å². The van der Waals surface area contributed by atoms with E-state index in [1.165, 1.54) is 0 Å². The molecule has 0 amide bonds. The van der Waals surface area contributed by atoms with Gasteiger partial charge in [-0.3, -0.25) is 0 Å². The predicted molar refractivity (Wildman–Crippen MR) is 84.2 cm³/mol. The van der Waals surface area contributed by atoms with Gasteiger partial charge in [-0.25, -0.2) is 13.1 Å². The lowest BCUT2D eigenvalue weighted by Crippen LogP contribution is -2.38. The predicted octanol–water partition coefficient (Wildman–Crippen LogP) is 2.99. The highest BCUT2D eigenvalue weighted by Crippen LogP contribution is 2.26. The number of nitrogens with one attached hydrogen (secondary N) is 1. The first-order chi connectivity index (χ1) is 9.24. The summed E-state index contributed by atoms with van der Waals surface area (Å²) in [6.07, 6.45) is 1.89. The van der Waals surface area contributed by atoms with Crippen LogP contribution >= 0.6 is 0 Å².